The van der Waals surface area contributed by atoms with Gasteiger partial charge in [-0.15, -0.1) is 0 Å². The molecule has 1 unspecified atom stereocenters. The predicted molar refractivity (Wildman–Crippen MR) is 68.8 cm³/mol. The molecule has 1 saturated carbocycles. The van der Waals surface area contributed by atoms with Gasteiger partial charge in [0.1, 0.15) is 0 Å². The number of piperidine rings is 1. The quantitative estimate of drug-likeness (QED) is 0.732. The Kier molecular flexibility index (Phi) is 4.62. The summed E-state index contributed by atoms with van der Waals surface area (Å²) in [5, 5.41) is 3.66. The maximum atomic E-state index is 3.66. The fourth-order valence-electron chi connectivity index (χ4n) is 2.55. The molecule has 2 fully saturated rings. The molecule has 0 bridgehead atoms. The van der Waals surface area contributed by atoms with Gasteiger partial charge in [0.2, 0.25) is 0 Å². The summed E-state index contributed by atoms with van der Waals surface area (Å²) in [6.45, 7) is 4.95. The van der Waals surface area contributed by atoms with Crippen molar-refractivity contribution in [2.75, 3.05) is 40.3 Å². The number of likely N-dealkylation sites (N-methyl/N-ethyl adjacent to an activating group) is 1. The minimum absolute atomic E-state index is 0.761. The van der Waals surface area contributed by atoms with Crippen LogP contribution in [-0.4, -0.2) is 62.2 Å². The molecule has 3 heteroatoms. The molecule has 0 aromatic heterocycles. The third-order valence-corrected chi connectivity index (χ3v) is 3.76. The smallest absolute Gasteiger partial charge is 0.0195 e. The van der Waals surface area contributed by atoms with Crippen LogP contribution in [0.1, 0.15) is 32.1 Å². The number of nitrogens with zero attached hydrogens (tertiary/aromatic N) is 2. The maximum absolute atomic E-state index is 3.66. The second-order valence-corrected chi connectivity index (χ2v) is 5.68. The SMILES string of the molecule is CN(C)CCN(CC1CCCCN1)C1CC1. The molecule has 16 heavy (non-hydrogen) atoms. The molecule has 1 aliphatic carbocycles. The third kappa shape index (κ3) is 4.04. The van der Waals surface area contributed by atoms with Gasteiger partial charge in [-0.2, -0.15) is 0 Å². The Morgan fingerprint density at radius 2 is 1.88 bits per heavy atom. The molecule has 0 aromatic rings. The Bertz CT molecular complexity index is 195. The van der Waals surface area contributed by atoms with E-state index in [0.717, 1.165) is 12.1 Å². The van der Waals surface area contributed by atoms with Crippen molar-refractivity contribution < 1.29 is 0 Å². The molecule has 1 heterocycles. The van der Waals surface area contributed by atoms with Crippen LogP contribution in [0.2, 0.25) is 0 Å². The van der Waals surface area contributed by atoms with Gasteiger partial charge in [-0.1, -0.05) is 6.42 Å². The first kappa shape index (κ1) is 12.3. The monoisotopic (exact) mass is 225 g/mol. The van der Waals surface area contributed by atoms with E-state index in [1.54, 1.807) is 0 Å². The molecular weight excluding hydrogens is 198 g/mol. The van der Waals surface area contributed by atoms with Crippen molar-refractivity contribution in [1.82, 2.24) is 15.1 Å². The van der Waals surface area contributed by atoms with E-state index in [9.17, 15) is 0 Å². The summed E-state index contributed by atoms with van der Waals surface area (Å²) >= 11 is 0. The van der Waals surface area contributed by atoms with Crippen molar-refractivity contribution in [2.45, 2.75) is 44.2 Å². The van der Waals surface area contributed by atoms with Gasteiger partial charge in [-0.3, -0.25) is 4.90 Å². The standard InChI is InChI=1S/C13H27N3/c1-15(2)9-10-16(13-6-7-13)11-12-5-3-4-8-14-12/h12-14H,3-11H2,1-2H3. The van der Waals surface area contributed by atoms with Gasteiger partial charge in [-0.25, -0.2) is 0 Å². The van der Waals surface area contributed by atoms with Gasteiger partial charge in [-0.05, 0) is 46.3 Å². The highest BCUT2D eigenvalue weighted by Gasteiger charge is 2.30. The second kappa shape index (κ2) is 5.99. The first-order chi connectivity index (χ1) is 7.75. The Morgan fingerprint density at radius 3 is 2.44 bits per heavy atom. The van der Waals surface area contributed by atoms with Crippen LogP contribution in [0.3, 0.4) is 0 Å². The molecule has 1 atom stereocenters. The van der Waals surface area contributed by atoms with E-state index in [2.05, 4.69) is 29.2 Å². The summed E-state index contributed by atoms with van der Waals surface area (Å²) in [5.41, 5.74) is 0. The Labute approximate surface area is 100 Å². The topological polar surface area (TPSA) is 18.5 Å². The third-order valence-electron chi connectivity index (χ3n) is 3.76. The minimum Gasteiger partial charge on any atom is -0.313 e. The summed E-state index contributed by atoms with van der Waals surface area (Å²) in [6, 6.07) is 1.67. The van der Waals surface area contributed by atoms with Crippen molar-refractivity contribution in [3.8, 4) is 0 Å². The van der Waals surface area contributed by atoms with E-state index in [1.165, 1.54) is 58.3 Å². The summed E-state index contributed by atoms with van der Waals surface area (Å²) < 4.78 is 0. The lowest BCUT2D eigenvalue weighted by atomic mass is 10.0. The van der Waals surface area contributed by atoms with Crippen LogP contribution in [0.4, 0.5) is 0 Å². The van der Waals surface area contributed by atoms with Gasteiger partial charge < -0.3 is 10.2 Å². The van der Waals surface area contributed by atoms with Crippen LogP contribution in [0.5, 0.6) is 0 Å². The summed E-state index contributed by atoms with van der Waals surface area (Å²) in [6.07, 6.45) is 7.03. The highest BCUT2D eigenvalue weighted by atomic mass is 15.2. The van der Waals surface area contributed by atoms with Crippen molar-refractivity contribution in [3.63, 3.8) is 0 Å². The highest BCUT2D eigenvalue weighted by molar-refractivity contribution is 4.88. The van der Waals surface area contributed by atoms with Crippen LogP contribution in [0.15, 0.2) is 0 Å². The van der Waals surface area contributed by atoms with Gasteiger partial charge in [0.25, 0.3) is 0 Å². The molecule has 94 valence electrons. The highest BCUT2D eigenvalue weighted by Crippen LogP contribution is 2.27. The molecule has 2 aliphatic rings. The molecule has 0 spiro atoms. The molecule has 1 saturated heterocycles. The second-order valence-electron chi connectivity index (χ2n) is 5.68. The molecule has 0 radical (unpaired) electrons. The normalized spacial score (nSPS) is 26.6. The van der Waals surface area contributed by atoms with Crippen molar-refractivity contribution >= 4 is 0 Å². The van der Waals surface area contributed by atoms with Crippen molar-refractivity contribution in [3.05, 3.63) is 0 Å². The van der Waals surface area contributed by atoms with Crippen molar-refractivity contribution in [2.24, 2.45) is 0 Å². The van der Waals surface area contributed by atoms with E-state index >= 15 is 0 Å². The number of rotatable bonds is 6. The zero-order chi connectivity index (χ0) is 11.4. The molecule has 3 nitrogen and oxygen atoms in total. The van der Waals surface area contributed by atoms with E-state index in [0.29, 0.717) is 0 Å². The minimum atomic E-state index is 0.761. The lowest BCUT2D eigenvalue weighted by molar-refractivity contribution is 0.197. The fourth-order valence-corrected chi connectivity index (χ4v) is 2.55. The van der Waals surface area contributed by atoms with E-state index in [-0.39, 0.29) is 0 Å². The average Bonchev–Trinajstić information content (AvgIpc) is 3.09. The van der Waals surface area contributed by atoms with E-state index in [1.807, 2.05) is 0 Å². The van der Waals surface area contributed by atoms with E-state index < -0.39 is 0 Å². The Morgan fingerprint density at radius 1 is 1.06 bits per heavy atom. The number of hydrogen-bond acceptors (Lipinski definition) is 3. The van der Waals surface area contributed by atoms with Crippen molar-refractivity contribution in [1.29, 1.82) is 0 Å². The maximum Gasteiger partial charge on any atom is 0.0195 e. The summed E-state index contributed by atoms with van der Waals surface area (Å²) in [4.78, 5) is 5.01. The van der Waals surface area contributed by atoms with Crippen LogP contribution in [-0.2, 0) is 0 Å². The molecule has 1 aliphatic heterocycles. The molecular formula is C13H27N3. The van der Waals surface area contributed by atoms with Crippen LogP contribution in [0.25, 0.3) is 0 Å². The Hall–Kier alpha value is -0.120. The lowest BCUT2D eigenvalue weighted by Gasteiger charge is -2.31. The molecule has 0 aromatic carbocycles. The largest absolute Gasteiger partial charge is 0.313 e. The molecule has 2 rings (SSSR count). The lowest BCUT2D eigenvalue weighted by Crippen LogP contribution is -2.46. The summed E-state index contributed by atoms with van der Waals surface area (Å²) in [7, 11) is 4.34. The van der Waals surface area contributed by atoms with Gasteiger partial charge in [0, 0.05) is 31.7 Å². The zero-order valence-electron chi connectivity index (χ0n) is 10.9. The van der Waals surface area contributed by atoms with E-state index in [4.69, 9.17) is 0 Å². The number of nitrogens with one attached hydrogen (secondary N) is 1. The van der Waals surface area contributed by atoms with Crippen LogP contribution in [0, 0.1) is 0 Å². The van der Waals surface area contributed by atoms with Gasteiger partial charge >= 0.3 is 0 Å². The van der Waals surface area contributed by atoms with Gasteiger partial charge in [0.15, 0.2) is 0 Å². The number of hydrogen-bond donors (Lipinski definition) is 1. The Balaban J connectivity index is 1.73. The summed E-state index contributed by atoms with van der Waals surface area (Å²) in [5.74, 6) is 0. The van der Waals surface area contributed by atoms with Crippen LogP contribution < -0.4 is 5.32 Å². The molecule has 0 amide bonds. The zero-order valence-corrected chi connectivity index (χ0v) is 10.9. The predicted octanol–water partition coefficient (Wildman–Crippen LogP) is 1.15. The molecule has 1 N–H and O–H groups in total. The first-order valence-electron chi connectivity index (χ1n) is 6.88. The average molecular weight is 225 g/mol. The first-order valence-corrected chi connectivity index (χ1v) is 6.88. The fraction of sp³-hybridized carbons (Fsp3) is 1.00. The van der Waals surface area contributed by atoms with Gasteiger partial charge in [0.05, 0.1) is 0 Å². The van der Waals surface area contributed by atoms with Crippen LogP contribution >= 0.6 is 0 Å².